The van der Waals surface area contributed by atoms with Gasteiger partial charge in [0.05, 0.1) is 11.1 Å². The Kier molecular flexibility index (Phi) is 3.18. The van der Waals surface area contributed by atoms with Crippen LogP contribution in [0.5, 0.6) is 0 Å². The van der Waals surface area contributed by atoms with E-state index in [1.807, 2.05) is 36.7 Å². The summed E-state index contributed by atoms with van der Waals surface area (Å²) in [4.78, 5) is 9.00. The van der Waals surface area contributed by atoms with Crippen LogP contribution in [0.3, 0.4) is 0 Å². The molecule has 3 nitrogen and oxygen atoms in total. The number of anilines is 1. The normalized spacial score (nSPS) is 11.8. The Morgan fingerprint density at radius 1 is 1.20 bits per heavy atom. The first-order valence-electron chi connectivity index (χ1n) is 6.61. The Morgan fingerprint density at radius 3 is 2.75 bits per heavy atom. The molecule has 0 spiro atoms. The van der Waals surface area contributed by atoms with E-state index >= 15 is 0 Å². The lowest BCUT2D eigenvalue weighted by molar-refractivity contribution is 0.605. The van der Waals surface area contributed by atoms with Gasteiger partial charge in [-0.25, -0.2) is 4.98 Å². The van der Waals surface area contributed by atoms with Crippen LogP contribution in [0.1, 0.15) is 24.5 Å². The molecule has 3 aromatic rings. The Hall–Kier alpha value is -1.94. The minimum Gasteiger partial charge on any atom is -0.373 e. The van der Waals surface area contributed by atoms with Crippen molar-refractivity contribution in [2.45, 2.75) is 26.3 Å². The molecule has 1 N–H and O–H groups in total. The van der Waals surface area contributed by atoms with E-state index in [-0.39, 0.29) is 5.54 Å². The van der Waals surface area contributed by atoms with Crippen molar-refractivity contribution in [2.75, 3.05) is 5.32 Å². The molecule has 0 unspecified atom stereocenters. The van der Waals surface area contributed by atoms with E-state index < -0.39 is 0 Å². The fourth-order valence-corrected chi connectivity index (χ4v) is 3.05. The van der Waals surface area contributed by atoms with Crippen LogP contribution in [0.25, 0.3) is 10.9 Å². The standard InChI is InChI=1S/C16H17N3S/c1-11-10-14(12-6-4-5-7-13(12)18-11)19-16(2,3)15-17-8-9-20-15/h4-10H,1-3H3,(H,18,19). The summed E-state index contributed by atoms with van der Waals surface area (Å²) in [5, 5.41) is 7.84. The van der Waals surface area contributed by atoms with Gasteiger partial charge in [0, 0.05) is 28.3 Å². The summed E-state index contributed by atoms with van der Waals surface area (Å²) in [6.07, 6.45) is 1.85. The van der Waals surface area contributed by atoms with Crippen molar-refractivity contribution in [1.82, 2.24) is 9.97 Å². The summed E-state index contributed by atoms with van der Waals surface area (Å²) < 4.78 is 0. The van der Waals surface area contributed by atoms with E-state index in [0.29, 0.717) is 0 Å². The van der Waals surface area contributed by atoms with Crippen molar-refractivity contribution in [3.63, 3.8) is 0 Å². The fourth-order valence-electron chi connectivity index (χ4n) is 2.33. The highest BCUT2D eigenvalue weighted by Crippen LogP contribution is 2.31. The number of aromatic nitrogens is 2. The second-order valence-corrected chi connectivity index (χ2v) is 6.31. The van der Waals surface area contributed by atoms with Crippen LogP contribution < -0.4 is 5.32 Å². The second kappa shape index (κ2) is 4.87. The molecule has 0 aliphatic carbocycles. The van der Waals surface area contributed by atoms with Crippen molar-refractivity contribution in [1.29, 1.82) is 0 Å². The van der Waals surface area contributed by atoms with Crippen LogP contribution >= 0.6 is 11.3 Å². The molecule has 0 bridgehead atoms. The highest BCUT2D eigenvalue weighted by atomic mass is 32.1. The van der Waals surface area contributed by atoms with Gasteiger partial charge < -0.3 is 5.32 Å². The molecule has 0 aliphatic heterocycles. The number of benzene rings is 1. The number of hydrogen-bond acceptors (Lipinski definition) is 4. The monoisotopic (exact) mass is 283 g/mol. The predicted molar refractivity (Wildman–Crippen MR) is 85.2 cm³/mol. The largest absolute Gasteiger partial charge is 0.373 e. The van der Waals surface area contributed by atoms with Crippen molar-refractivity contribution in [3.05, 3.63) is 52.6 Å². The van der Waals surface area contributed by atoms with E-state index in [1.165, 1.54) is 0 Å². The molecule has 4 heteroatoms. The molecule has 0 atom stereocenters. The van der Waals surface area contributed by atoms with Gasteiger partial charge in [0.2, 0.25) is 0 Å². The van der Waals surface area contributed by atoms with Crippen LogP contribution in [-0.4, -0.2) is 9.97 Å². The molecule has 0 fully saturated rings. The number of aryl methyl sites for hydroxylation is 1. The number of nitrogens with one attached hydrogen (secondary N) is 1. The van der Waals surface area contributed by atoms with Crippen molar-refractivity contribution in [2.24, 2.45) is 0 Å². The Balaban J connectivity index is 2.07. The minimum absolute atomic E-state index is 0.204. The summed E-state index contributed by atoms with van der Waals surface area (Å²) in [6, 6.07) is 10.3. The summed E-state index contributed by atoms with van der Waals surface area (Å²) in [5.74, 6) is 0. The van der Waals surface area contributed by atoms with E-state index in [1.54, 1.807) is 11.3 Å². The molecule has 0 radical (unpaired) electrons. The average molecular weight is 283 g/mol. The number of hydrogen-bond donors (Lipinski definition) is 1. The number of thiazole rings is 1. The van der Waals surface area contributed by atoms with Crippen molar-refractivity contribution in [3.8, 4) is 0 Å². The zero-order valence-electron chi connectivity index (χ0n) is 11.8. The summed E-state index contributed by atoms with van der Waals surface area (Å²) in [6.45, 7) is 6.32. The first-order valence-corrected chi connectivity index (χ1v) is 7.49. The van der Waals surface area contributed by atoms with Crippen LogP contribution in [0.4, 0.5) is 5.69 Å². The maximum Gasteiger partial charge on any atom is 0.117 e. The lowest BCUT2D eigenvalue weighted by Gasteiger charge is -2.26. The molecule has 0 aliphatic rings. The van der Waals surface area contributed by atoms with E-state index in [4.69, 9.17) is 0 Å². The third-order valence-corrected chi connectivity index (χ3v) is 4.36. The fraction of sp³-hybridized carbons (Fsp3) is 0.250. The zero-order valence-corrected chi connectivity index (χ0v) is 12.7. The molecule has 20 heavy (non-hydrogen) atoms. The van der Waals surface area contributed by atoms with Gasteiger partial charge in [0.15, 0.2) is 0 Å². The second-order valence-electron chi connectivity index (χ2n) is 5.42. The molecule has 1 aromatic carbocycles. The maximum absolute atomic E-state index is 4.58. The van der Waals surface area contributed by atoms with Crippen LogP contribution in [0, 0.1) is 6.92 Å². The number of pyridine rings is 1. The highest BCUT2D eigenvalue weighted by molar-refractivity contribution is 7.09. The zero-order chi connectivity index (χ0) is 14.2. The lowest BCUT2D eigenvalue weighted by atomic mass is 10.0. The molecule has 102 valence electrons. The third kappa shape index (κ3) is 2.39. The van der Waals surface area contributed by atoms with Gasteiger partial charge >= 0.3 is 0 Å². The van der Waals surface area contributed by atoms with Gasteiger partial charge in [-0.3, -0.25) is 4.98 Å². The van der Waals surface area contributed by atoms with Crippen molar-refractivity contribution < 1.29 is 0 Å². The predicted octanol–water partition coefficient (Wildman–Crippen LogP) is 4.35. The SMILES string of the molecule is Cc1cc(NC(C)(C)c2nccs2)c2ccccc2n1. The van der Waals surface area contributed by atoms with Gasteiger partial charge in [-0.15, -0.1) is 11.3 Å². The Bertz CT molecular complexity index is 733. The van der Waals surface area contributed by atoms with E-state index in [2.05, 4.69) is 41.3 Å². The van der Waals surface area contributed by atoms with Crippen LogP contribution in [0.15, 0.2) is 41.9 Å². The third-order valence-electron chi connectivity index (χ3n) is 3.26. The van der Waals surface area contributed by atoms with Gasteiger partial charge in [0.25, 0.3) is 0 Å². The number of nitrogens with zero attached hydrogens (tertiary/aromatic N) is 2. The molecule has 0 saturated carbocycles. The topological polar surface area (TPSA) is 37.8 Å². The molecule has 2 heterocycles. The lowest BCUT2D eigenvalue weighted by Crippen LogP contribution is -2.27. The molecule has 0 saturated heterocycles. The maximum atomic E-state index is 4.58. The number of rotatable bonds is 3. The molecule has 3 rings (SSSR count). The molecular weight excluding hydrogens is 266 g/mol. The Labute approximate surface area is 122 Å². The Morgan fingerprint density at radius 2 is 2.00 bits per heavy atom. The molecular formula is C16H17N3S. The highest BCUT2D eigenvalue weighted by Gasteiger charge is 2.23. The van der Waals surface area contributed by atoms with Gasteiger partial charge in [-0.1, -0.05) is 18.2 Å². The smallest absolute Gasteiger partial charge is 0.117 e. The molecule has 2 aromatic heterocycles. The van der Waals surface area contributed by atoms with Crippen LogP contribution in [-0.2, 0) is 5.54 Å². The van der Waals surface area contributed by atoms with Gasteiger partial charge in [-0.05, 0) is 32.9 Å². The first kappa shape index (κ1) is 13.1. The average Bonchev–Trinajstić information content (AvgIpc) is 2.92. The summed E-state index contributed by atoms with van der Waals surface area (Å²) >= 11 is 1.67. The number of fused-ring (bicyclic) bond motifs is 1. The summed E-state index contributed by atoms with van der Waals surface area (Å²) in [7, 11) is 0. The van der Waals surface area contributed by atoms with Gasteiger partial charge in [-0.2, -0.15) is 0 Å². The van der Waals surface area contributed by atoms with Crippen molar-refractivity contribution >= 4 is 27.9 Å². The number of para-hydroxylation sites is 1. The first-order chi connectivity index (χ1) is 9.56. The molecule has 0 amide bonds. The van der Waals surface area contributed by atoms with Crippen LogP contribution in [0.2, 0.25) is 0 Å². The van der Waals surface area contributed by atoms with Gasteiger partial charge in [0.1, 0.15) is 5.01 Å². The van der Waals surface area contributed by atoms with E-state index in [0.717, 1.165) is 27.3 Å². The minimum atomic E-state index is -0.204. The quantitative estimate of drug-likeness (QED) is 0.776. The van der Waals surface area contributed by atoms with E-state index in [9.17, 15) is 0 Å². The summed E-state index contributed by atoms with van der Waals surface area (Å²) in [5.41, 5.74) is 2.93.